The SMILES string of the molecule is COCCOCCOC(CCO)OCCOCCOC. The summed E-state index contributed by atoms with van der Waals surface area (Å²) in [6.07, 6.45) is -0.00656. The van der Waals surface area contributed by atoms with Gasteiger partial charge in [-0.25, -0.2) is 0 Å². The van der Waals surface area contributed by atoms with E-state index in [9.17, 15) is 0 Å². The van der Waals surface area contributed by atoms with Gasteiger partial charge < -0.3 is 33.5 Å². The van der Waals surface area contributed by atoms with E-state index in [1.807, 2.05) is 0 Å². The lowest BCUT2D eigenvalue weighted by Gasteiger charge is -2.17. The molecule has 0 saturated carbocycles. The highest BCUT2D eigenvalue weighted by Crippen LogP contribution is 2.00. The molecule has 0 aromatic rings. The molecule has 0 bridgehead atoms. The number of ether oxygens (including phenoxy) is 6. The van der Waals surface area contributed by atoms with Gasteiger partial charge in [0.05, 0.1) is 52.9 Å². The van der Waals surface area contributed by atoms with Crippen molar-refractivity contribution in [2.75, 3.05) is 73.7 Å². The van der Waals surface area contributed by atoms with Crippen LogP contribution in [0.2, 0.25) is 0 Å². The molecule has 20 heavy (non-hydrogen) atoms. The highest BCUT2D eigenvalue weighted by atomic mass is 16.7. The van der Waals surface area contributed by atoms with Crippen LogP contribution in [0.15, 0.2) is 0 Å². The van der Waals surface area contributed by atoms with Crippen molar-refractivity contribution in [3.63, 3.8) is 0 Å². The van der Waals surface area contributed by atoms with E-state index in [4.69, 9.17) is 33.5 Å². The fraction of sp³-hybridized carbons (Fsp3) is 1.00. The van der Waals surface area contributed by atoms with Gasteiger partial charge in [-0.2, -0.15) is 0 Å². The summed E-state index contributed by atoms with van der Waals surface area (Å²) >= 11 is 0. The Kier molecular flexibility index (Phi) is 16.5. The Morgan fingerprint density at radius 1 is 0.700 bits per heavy atom. The molecule has 0 heterocycles. The quantitative estimate of drug-likeness (QED) is 0.319. The first kappa shape index (κ1) is 19.7. The third-order valence-electron chi connectivity index (χ3n) is 2.29. The molecule has 0 atom stereocenters. The van der Waals surface area contributed by atoms with Crippen LogP contribution >= 0.6 is 0 Å². The van der Waals surface area contributed by atoms with Gasteiger partial charge in [-0.15, -0.1) is 0 Å². The Labute approximate surface area is 121 Å². The van der Waals surface area contributed by atoms with Gasteiger partial charge in [0.15, 0.2) is 6.29 Å². The summed E-state index contributed by atoms with van der Waals surface area (Å²) in [6, 6.07) is 0. The molecule has 0 aromatic carbocycles. The number of rotatable bonds is 16. The standard InChI is InChI=1S/C13H28O7/c1-15-5-7-17-9-11-19-13(3-4-14)20-12-10-18-8-6-16-2/h13-14H,3-12H2,1-2H3. The van der Waals surface area contributed by atoms with Crippen molar-refractivity contribution in [2.45, 2.75) is 12.7 Å². The summed E-state index contributed by atoms with van der Waals surface area (Å²) in [5.74, 6) is 0. The zero-order valence-corrected chi connectivity index (χ0v) is 12.5. The predicted octanol–water partition coefficient (Wildman–Crippen LogP) is 0.0541. The maximum absolute atomic E-state index is 8.93. The average molecular weight is 296 g/mol. The molecule has 122 valence electrons. The lowest BCUT2D eigenvalue weighted by Crippen LogP contribution is -2.23. The monoisotopic (exact) mass is 296 g/mol. The van der Waals surface area contributed by atoms with Crippen LogP contribution < -0.4 is 0 Å². The van der Waals surface area contributed by atoms with Gasteiger partial charge >= 0.3 is 0 Å². The minimum absolute atomic E-state index is 0.0136. The van der Waals surface area contributed by atoms with Crippen LogP contribution in [0, 0.1) is 0 Å². The van der Waals surface area contributed by atoms with Gasteiger partial charge in [0.25, 0.3) is 0 Å². The third kappa shape index (κ3) is 14.1. The van der Waals surface area contributed by atoms with Crippen molar-refractivity contribution < 1.29 is 33.5 Å². The topological polar surface area (TPSA) is 75.6 Å². The van der Waals surface area contributed by atoms with E-state index in [1.165, 1.54) is 0 Å². The summed E-state index contributed by atoms with van der Waals surface area (Å²) in [5.41, 5.74) is 0. The van der Waals surface area contributed by atoms with Crippen LogP contribution in [0.3, 0.4) is 0 Å². The molecule has 7 nitrogen and oxygen atoms in total. The molecule has 0 saturated heterocycles. The summed E-state index contributed by atoms with van der Waals surface area (Å²) in [6.45, 7) is 4.00. The average Bonchev–Trinajstić information content (AvgIpc) is 2.46. The van der Waals surface area contributed by atoms with Crippen molar-refractivity contribution in [1.82, 2.24) is 0 Å². The largest absolute Gasteiger partial charge is 0.396 e. The van der Waals surface area contributed by atoms with Crippen LogP contribution in [-0.2, 0) is 28.4 Å². The molecule has 0 aliphatic rings. The second kappa shape index (κ2) is 16.8. The molecule has 0 aliphatic carbocycles. The van der Waals surface area contributed by atoms with Crippen molar-refractivity contribution >= 4 is 0 Å². The summed E-state index contributed by atoms with van der Waals surface area (Å²) in [4.78, 5) is 0. The van der Waals surface area contributed by atoms with Gasteiger partial charge in [0.2, 0.25) is 0 Å². The first-order valence-corrected chi connectivity index (χ1v) is 6.82. The Morgan fingerprint density at radius 3 is 1.55 bits per heavy atom. The lowest BCUT2D eigenvalue weighted by molar-refractivity contribution is -0.165. The Morgan fingerprint density at radius 2 is 1.15 bits per heavy atom. The molecule has 0 radical (unpaired) electrons. The third-order valence-corrected chi connectivity index (χ3v) is 2.29. The van der Waals surface area contributed by atoms with Gasteiger partial charge in [0.1, 0.15) is 0 Å². The van der Waals surface area contributed by atoms with Crippen LogP contribution in [0.5, 0.6) is 0 Å². The summed E-state index contributed by atoms with van der Waals surface area (Å²) in [5, 5.41) is 8.93. The van der Waals surface area contributed by atoms with Gasteiger partial charge in [-0.3, -0.25) is 0 Å². The van der Waals surface area contributed by atoms with Crippen LogP contribution in [0.4, 0.5) is 0 Å². The second-order valence-corrected chi connectivity index (χ2v) is 3.89. The number of hydrogen-bond acceptors (Lipinski definition) is 7. The zero-order chi connectivity index (χ0) is 14.9. The molecule has 0 spiro atoms. The van der Waals surface area contributed by atoms with Crippen molar-refractivity contribution in [2.24, 2.45) is 0 Å². The second-order valence-electron chi connectivity index (χ2n) is 3.89. The lowest BCUT2D eigenvalue weighted by atomic mass is 10.4. The summed E-state index contributed by atoms with van der Waals surface area (Å²) < 4.78 is 31.2. The minimum Gasteiger partial charge on any atom is -0.396 e. The summed E-state index contributed by atoms with van der Waals surface area (Å²) in [7, 11) is 3.25. The van der Waals surface area contributed by atoms with E-state index in [0.29, 0.717) is 59.3 Å². The molecule has 0 rings (SSSR count). The van der Waals surface area contributed by atoms with Crippen molar-refractivity contribution in [3.8, 4) is 0 Å². The smallest absolute Gasteiger partial charge is 0.159 e. The van der Waals surface area contributed by atoms with E-state index in [-0.39, 0.29) is 6.61 Å². The van der Waals surface area contributed by atoms with E-state index in [2.05, 4.69) is 0 Å². The van der Waals surface area contributed by atoms with E-state index < -0.39 is 6.29 Å². The maximum Gasteiger partial charge on any atom is 0.159 e. The number of aliphatic hydroxyl groups excluding tert-OH is 1. The number of hydrogen-bond donors (Lipinski definition) is 1. The Balaban J connectivity index is 3.45. The molecule has 0 aromatic heterocycles. The highest BCUT2D eigenvalue weighted by molar-refractivity contribution is 4.45. The van der Waals surface area contributed by atoms with E-state index >= 15 is 0 Å². The van der Waals surface area contributed by atoms with Gasteiger partial charge in [-0.1, -0.05) is 0 Å². The predicted molar refractivity (Wildman–Crippen MR) is 72.8 cm³/mol. The first-order chi connectivity index (χ1) is 9.85. The van der Waals surface area contributed by atoms with Crippen LogP contribution in [0.1, 0.15) is 6.42 Å². The number of aliphatic hydroxyl groups is 1. The van der Waals surface area contributed by atoms with Crippen molar-refractivity contribution in [1.29, 1.82) is 0 Å². The van der Waals surface area contributed by atoms with Crippen LogP contribution in [-0.4, -0.2) is 85.1 Å². The molecule has 1 N–H and O–H groups in total. The fourth-order valence-electron chi connectivity index (χ4n) is 1.29. The molecule has 0 aliphatic heterocycles. The molecular formula is C13H28O7. The molecule has 0 amide bonds. The van der Waals surface area contributed by atoms with Crippen LogP contribution in [0.25, 0.3) is 0 Å². The van der Waals surface area contributed by atoms with E-state index in [1.54, 1.807) is 14.2 Å². The van der Waals surface area contributed by atoms with Gasteiger partial charge in [-0.05, 0) is 0 Å². The fourth-order valence-corrected chi connectivity index (χ4v) is 1.29. The first-order valence-electron chi connectivity index (χ1n) is 6.82. The van der Waals surface area contributed by atoms with E-state index in [0.717, 1.165) is 0 Å². The zero-order valence-electron chi connectivity index (χ0n) is 12.5. The normalized spacial score (nSPS) is 11.4. The Bertz CT molecular complexity index is 164. The van der Waals surface area contributed by atoms with Gasteiger partial charge in [0, 0.05) is 27.2 Å². The Hall–Kier alpha value is -0.280. The highest BCUT2D eigenvalue weighted by Gasteiger charge is 2.08. The maximum atomic E-state index is 8.93. The van der Waals surface area contributed by atoms with Crippen molar-refractivity contribution in [3.05, 3.63) is 0 Å². The molecular weight excluding hydrogens is 268 g/mol. The molecule has 0 unspecified atom stereocenters. The number of methoxy groups -OCH3 is 2. The molecule has 0 fully saturated rings. The molecule has 7 heteroatoms. The minimum atomic E-state index is -0.433.